The fourth-order valence-electron chi connectivity index (χ4n) is 4.01. The van der Waals surface area contributed by atoms with Crippen molar-refractivity contribution in [2.75, 3.05) is 30.8 Å². The van der Waals surface area contributed by atoms with Crippen LogP contribution in [-0.4, -0.2) is 54.0 Å². The van der Waals surface area contributed by atoms with Crippen molar-refractivity contribution >= 4 is 35.2 Å². The van der Waals surface area contributed by atoms with Gasteiger partial charge in [-0.15, -0.1) is 0 Å². The lowest BCUT2D eigenvalue weighted by Gasteiger charge is -2.23. The quantitative estimate of drug-likeness (QED) is 0.235. The lowest BCUT2D eigenvalue weighted by Crippen LogP contribution is -2.41. The van der Waals surface area contributed by atoms with Crippen molar-refractivity contribution < 1.29 is 42.2 Å². The summed E-state index contributed by atoms with van der Waals surface area (Å²) in [5, 5.41) is 17.0. The van der Waals surface area contributed by atoms with Crippen LogP contribution in [0.1, 0.15) is 28.7 Å². The Balaban J connectivity index is 1.58. The molecule has 0 heterocycles. The molecule has 4 N–H and O–H groups in total. The molecule has 0 radical (unpaired) electrons. The number of benzene rings is 3. The summed E-state index contributed by atoms with van der Waals surface area (Å²) < 4.78 is 43.9. The Labute approximate surface area is 245 Å². The SMILES string of the molecule is COc1cc(CC(=O)NCC(=O)N(CCC(=O)O)Cc2ccc(C(F)(F)F)cc2)ccc1NC(=O)Nc1ccccc1C. The predicted octanol–water partition coefficient (Wildman–Crippen LogP) is 4.83. The number of aryl methyl sites for hydroxylation is 1. The average molecular weight is 601 g/mol. The van der Waals surface area contributed by atoms with Crippen LogP contribution in [0.4, 0.5) is 29.3 Å². The van der Waals surface area contributed by atoms with E-state index in [-0.39, 0.29) is 25.9 Å². The number of carbonyl (C=O) groups is 4. The zero-order valence-corrected chi connectivity index (χ0v) is 23.5. The van der Waals surface area contributed by atoms with Crippen LogP contribution >= 0.6 is 0 Å². The minimum Gasteiger partial charge on any atom is -0.495 e. The van der Waals surface area contributed by atoms with Gasteiger partial charge in [0.2, 0.25) is 11.8 Å². The van der Waals surface area contributed by atoms with E-state index >= 15 is 0 Å². The van der Waals surface area contributed by atoms with Gasteiger partial charge in [-0.1, -0.05) is 36.4 Å². The molecule has 228 valence electrons. The topological polar surface area (TPSA) is 137 Å². The molecule has 0 aliphatic carbocycles. The van der Waals surface area contributed by atoms with E-state index in [1.165, 1.54) is 19.2 Å². The lowest BCUT2D eigenvalue weighted by molar-refractivity contribution is -0.139. The summed E-state index contributed by atoms with van der Waals surface area (Å²) in [4.78, 5) is 50.1. The Morgan fingerprint density at radius 1 is 0.907 bits per heavy atom. The molecule has 43 heavy (non-hydrogen) atoms. The van der Waals surface area contributed by atoms with Crippen LogP contribution in [0.5, 0.6) is 5.75 Å². The summed E-state index contributed by atoms with van der Waals surface area (Å²) in [6.45, 7) is 1.07. The molecule has 0 fully saturated rings. The molecular formula is C30H31F3N4O6. The van der Waals surface area contributed by atoms with Gasteiger partial charge in [0, 0.05) is 18.8 Å². The van der Waals surface area contributed by atoms with Gasteiger partial charge in [-0.2, -0.15) is 13.2 Å². The molecule has 4 amide bonds. The zero-order valence-electron chi connectivity index (χ0n) is 23.5. The monoisotopic (exact) mass is 600 g/mol. The number of ether oxygens (including phenoxy) is 1. The first-order chi connectivity index (χ1) is 20.3. The van der Waals surface area contributed by atoms with Crippen LogP contribution in [0, 0.1) is 6.92 Å². The molecule has 0 spiro atoms. The number of nitrogens with one attached hydrogen (secondary N) is 3. The Kier molecular flexibility index (Phi) is 11.1. The van der Waals surface area contributed by atoms with E-state index < -0.39 is 42.1 Å². The fourth-order valence-corrected chi connectivity index (χ4v) is 4.01. The third-order valence-corrected chi connectivity index (χ3v) is 6.31. The zero-order chi connectivity index (χ0) is 31.6. The standard InChI is InChI=1S/C30H31F3N4O6/c1-19-5-3-4-6-23(19)35-29(42)36-24-12-9-21(15-25(24)43-2)16-26(38)34-17-27(39)37(14-13-28(40)41)18-20-7-10-22(11-8-20)30(31,32)33/h3-12,15H,13-14,16-18H2,1-2H3,(H,34,38)(H,40,41)(H2,35,36,42). The summed E-state index contributed by atoms with van der Waals surface area (Å²) in [6, 6.07) is 15.7. The molecule has 0 unspecified atom stereocenters. The van der Waals surface area contributed by atoms with Gasteiger partial charge >= 0.3 is 18.2 Å². The van der Waals surface area contributed by atoms with E-state index in [1.807, 2.05) is 19.1 Å². The predicted molar refractivity (Wildman–Crippen MR) is 153 cm³/mol. The largest absolute Gasteiger partial charge is 0.495 e. The van der Waals surface area contributed by atoms with Crippen molar-refractivity contribution in [2.24, 2.45) is 0 Å². The minimum atomic E-state index is -4.52. The second-order valence-electron chi connectivity index (χ2n) is 9.54. The molecule has 13 heteroatoms. The van der Waals surface area contributed by atoms with E-state index in [9.17, 15) is 32.3 Å². The van der Waals surface area contributed by atoms with Crippen molar-refractivity contribution in [2.45, 2.75) is 32.5 Å². The van der Waals surface area contributed by atoms with E-state index in [0.29, 0.717) is 28.3 Å². The first kappa shape index (κ1) is 32.4. The van der Waals surface area contributed by atoms with Gasteiger partial charge in [-0.05, 0) is 53.9 Å². The van der Waals surface area contributed by atoms with Crippen molar-refractivity contribution in [3.63, 3.8) is 0 Å². The average Bonchev–Trinajstić information content (AvgIpc) is 2.95. The summed E-state index contributed by atoms with van der Waals surface area (Å²) in [7, 11) is 1.41. The highest BCUT2D eigenvalue weighted by atomic mass is 19.4. The van der Waals surface area contributed by atoms with Gasteiger partial charge in [0.25, 0.3) is 0 Å². The maximum Gasteiger partial charge on any atom is 0.416 e. The van der Waals surface area contributed by atoms with Crippen LogP contribution in [0.3, 0.4) is 0 Å². The molecule has 0 saturated heterocycles. The highest BCUT2D eigenvalue weighted by Crippen LogP contribution is 2.29. The van der Waals surface area contributed by atoms with Gasteiger partial charge in [0.1, 0.15) is 5.75 Å². The van der Waals surface area contributed by atoms with Crippen molar-refractivity contribution in [1.82, 2.24) is 10.2 Å². The Bertz CT molecular complexity index is 1460. The molecule has 10 nitrogen and oxygen atoms in total. The fraction of sp³-hybridized carbons (Fsp3) is 0.267. The number of carbonyl (C=O) groups excluding carboxylic acids is 3. The summed E-state index contributed by atoms with van der Waals surface area (Å²) in [5.74, 6) is -1.97. The second kappa shape index (κ2) is 14.7. The highest BCUT2D eigenvalue weighted by Gasteiger charge is 2.30. The summed E-state index contributed by atoms with van der Waals surface area (Å²) in [5.41, 5.74) is 1.94. The molecule has 0 atom stereocenters. The minimum absolute atomic E-state index is 0.132. The number of hydrogen-bond donors (Lipinski definition) is 4. The number of aliphatic carboxylic acids is 1. The Hall–Kier alpha value is -5.07. The number of anilines is 2. The molecular weight excluding hydrogens is 569 g/mol. The number of methoxy groups -OCH3 is 1. The second-order valence-corrected chi connectivity index (χ2v) is 9.54. The Morgan fingerprint density at radius 2 is 1.56 bits per heavy atom. The van der Waals surface area contributed by atoms with Gasteiger partial charge in [0.05, 0.1) is 37.7 Å². The number of urea groups is 1. The number of amides is 4. The maximum atomic E-state index is 12.9. The van der Waals surface area contributed by atoms with Crippen molar-refractivity contribution in [3.8, 4) is 5.75 Å². The summed E-state index contributed by atoms with van der Waals surface area (Å²) in [6.07, 6.45) is -5.03. The number of alkyl halides is 3. The van der Waals surface area contributed by atoms with E-state index in [1.54, 1.807) is 30.3 Å². The third-order valence-electron chi connectivity index (χ3n) is 6.31. The summed E-state index contributed by atoms with van der Waals surface area (Å²) >= 11 is 0. The van der Waals surface area contributed by atoms with Crippen molar-refractivity contribution in [1.29, 1.82) is 0 Å². The first-order valence-corrected chi connectivity index (χ1v) is 13.1. The Morgan fingerprint density at radius 3 is 2.19 bits per heavy atom. The van der Waals surface area contributed by atoms with Crippen molar-refractivity contribution in [3.05, 3.63) is 89.0 Å². The number of halogens is 3. The van der Waals surface area contributed by atoms with E-state index in [2.05, 4.69) is 16.0 Å². The molecule has 0 bridgehead atoms. The molecule has 0 aliphatic heterocycles. The van der Waals surface area contributed by atoms with Crippen LogP contribution < -0.4 is 20.7 Å². The van der Waals surface area contributed by atoms with Gasteiger partial charge in [-0.3, -0.25) is 14.4 Å². The van der Waals surface area contributed by atoms with Crippen LogP contribution in [0.25, 0.3) is 0 Å². The first-order valence-electron chi connectivity index (χ1n) is 13.1. The molecule has 0 aromatic heterocycles. The van der Waals surface area contributed by atoms with E-state index in [0.717, 1.165) is 22.6 Å². The molecule has 3 rings (SSSR count). The van der Waals surface area contributed by atoms with Gasteiger partial charge in [0.15, 0.2) is 0 Å². The molecule has 3 aromatic carbocycles. The lowest BCUT2D eigenvalue weighted by atomic mass is 10.1. The van der Waals surface area contributed by atoms with E-state index in [4.69, 9.17) is 9.84 Å². The molecule has 0 aliphatic rings. The van der Waals surface area contributed by atoms with Crippen LogP contribution in [-0.2, 0) is 33.5 Å². The number of nitrogens with zero attached hydrogens (tertiary/aromatic N) is 1. The smallest absolute Gasteiger partial charge is 0.416 e. The van der Waals surface area contributed by atoms with Crippen LogP contribution in [0.15, 0.2) is 66.7 Å². The van der Waals surface area contributed by atoms with Gasteiger partial charge in [-0.25, -0.2) is 4.79 Å². The molecule has 3 aromatic rings. The number of carboxylic acid groups (broad SMARTS) is 1. The number of para-hydroxylation sites is 1. The number of rotatable bonds is 12. The van der Waals surface area contributed by atoms with Gasteiger partial charge < -0.3 is 30.7 Å². The maximum absolute atomic E-state index is 12.9. The highest BCUT2D eigenvalue weighted by molar-refractivity contribution is 6.01. The third kappa shape index (κ3) is 10.1. The molecule has 0 saturated carbocycles. The normalized spacial score (nSPS) is 10.9. The van der Waals surface area contributed by atoms with Crippen LogP contribution in [0.2, 0.25) is 0 Å². The number of hydrogen-bond acceptors (Lipinski definition) is 5. The number of carboxylic acids is 1.